The Balaban J connectivity index is 2.08. The van der Waals surface area contributed by atoms with Crippen molar-refractivity contribution in [2.45, 2.75) is 13.0 Å². The van der Waals surface area contributed by atoms with Crippen LogP contribution in [-0.4, -0.2) is 31.7 Å². The van der Waals surface area contributed by atoms with E-state index in [1.807, 2.05) is 0 Å². The Morgan fingerprint density at radius 3 is 3.00 bits per heavy atom. The summed E-state index contributed by atoms with van der Waals surface area (Å²) < 4.78 is 14.4. The third-order valence-electron chi connectivity index (χ3n) is 2.06. The van der Waals surface area contributed by atoms with Crippen LogP contribution in [0.15, 0.2) is 24.7 Å². The highest BCUT2D eigenvalue weighted by atomic mass is 19.1. The minimum absolute atomic E-state index is 0.0419. The lowest BCUT2D eigenvalue weighted by Crippen LogP contribution is -2.01. The number of hydrogen-bond acceptors (Lipinski definition) is 4. The van der Waals surface area contributed by atoms with Gasteiger partial charge in [0.15, 0.2) is 0 Å². The second-order valence-electron chi connectivity index (χ2n) is 3.39. The fraction of sp³-hybridized carbons (Fsp3) is 0.300. The van der Waals surface area contributed by atoms with Crippen LogP contribution in [0.3, 0.4) is 0 Å². The molecule has 5 nitrogen and oxygen atoms in total. The van der Waals surface area contributed by atoms with Crippen LogP contribution in [0.2, 0.25) is 0 Å². The van der Waals surface area contributed by atoms with Gasteiger partial charge >= 0.3 is 0 Å². The van der Waals surface area contributed by atoms with Gasteiger partial charge in [0.2, 0.25) is 0 Å². The Labute approximate surface area is 91.6 Å². The highest BCUT2D eigenvalue weighted by molar-refractivity contribution is 5.10. The highest BCUT2D eigenvalue weighted by Gasteiger charge is 2.02. The van der Waals surface area contributed by atoms with Crippen molar-refractivity contribution in [1.82, 2.24) is 20.0 Å². The number of halogens is 1. The molecule has 0 fully saturated rings. The van der Waals surface area contributed by atoms with Crippen molar-refractivity contribution < 1.29 is 9.50 Å². The molecule has 0 aliphatic heterocycles. The zero-order chi connectivity index (χ0) is 11.4. The standard InChI is InChI=1S/C10H11FN4O/c11-9-3-8(4-12-5-9)6-15-7-10(1-2-16)13-14-15/h3-5,7,16H,1-2,6H2. The van der Waals surface area contributed by atoms with Gasteiger partial charge in [-0.25, -0.2) is 9.07 Å². The third-order valence-corrected chi connectivity index (χ3v) is 2.06. The molecule has 84 valence electrons. The maximum atomic E-state index is 12.9. The summed E-state index contributed by atoms with van der Waals surface area (Å²) in [6.45, 7) is 0.462. The molecule has 0 radical (unpaired) electrons. The van der Waals surface area contributed by atoms with E-state index in [2.05, 4.69) is 15.3 Å². The van der Waals surface area contributed by atoms with Crippen LogP contribution < -0.4 is 0 Å². The van der Waals surface area contributed by atoms with E-state index in [4.69, 9.17) is 5.11 Å². The molecule has 2 heterocycles. The third kappa shape index (κ3) is 2.60. The van der Waals surface area contributed by atoms with Crippen molar-refractivity contribution in [2.75, 3.05) is 6.61 Å². The molecule has 0 saturated heterocycles. The molecule has 0 spiro atoms. The predicted molar refractivity (Wildman–Crippen MR) is 54.1 cm³/mol. The van der Waals surface area contributed by atoms with Crippen molar-refractivity contribution in [1.29, 1.82) is 0 Å². The molecule has 2 aromatic heterocycles. The molecular weight excluding hydrogens is 211 g/mol. The second-order valence-corrected chi connectivity index (χ2v) is 3.39. The van der Waals surface area contributed by atoms with Crippen LogP contribution >= 0.6 is 0 Å². The van der Waals surface area contributed by atoms with Gasteiger partial charge in [-0.15, -0.1) is 5.10 Å². The topological polar surface area (TPSA) is 63.8 Å². The molecule has 0 amide bonds. The van der Waals surface area contributed by atoms with E-state index >= 15 is 0 Å². The molecule has 2 aromatic rings. The van der Waals surface area contributed by atoms with Crippen molar-refractivity contribution in [2.24, 2.45) is 0 Å². The molecule has 0 bridgehead atoms. The Morgan fingerprint density at radius 2 is 2.25 bits per heavy atom. The molecule has 0 aliphatic rings. The molecule has 0 unspecified atom stereocenters. The first kappa shape index (κ1) is 10.7. The number of nitrogens with zero attached hydrogens (tertiary/aromatic N) is 4. The first-order valence-corrected chi connectivity index (χ1v) is 4.87. The van der Waals surface area contributed by atoms with Crippen LogP contribution in [-0.2, 0) is 13.0 Å². The summed E-state index contributed by atoms with van der Waals surface area (Å²) in [7, 11) is 0. The molecule has 2 rings (SSSR count). The van der Waals surface area contributed by atoms with E-state index in [9.17, 15) is 4.39 Å². The average molecular weight is 222 g/mol. The SMILES string of the molecule is OCCc1cn(Cc2cncc(F)c2)nn1. The Bertz CT molecular complexity index is 471. The monoisotopic (exact) mass is 222 g/mol. The fourth-order valence-corrected chi connectivity index (χ4v) is 1.37. The quantitative estimate of drug-likeness (QED) is 0.813. The molecule has 6 heteroatoms. The minimum Gasteiger partial charge on any atom is -0.396 e. The van der Waals surface area contributed by atoms with Gasteiger partial charge in [-0.2, -0.15) is 0 Å². The van der Waals surface area contributed by atoms with Crippen LogP contribution in [0.5, 0.6) is 0 Å². The number of hydrogen-bond donors (Lipinski definition) is 1. The Kier molecular flexibility index (Phi) is 3.21. The molecule has 1 N–H and O–H groups in total. The van der Waals surface area contributed by atoms with E-state index in [1.54, 1.807) is 17.1 Å². The number of rotatable bonds is 4. The van der Waals surface area contributed by atoms with Crippen molar-refractivity contribution in [3.05, 3.63) is 41.7 Å². The molecule has 16 heavy (non-hydrogen) atoms. The van der Waals surface area contributed by atoms with Gasteiger partial charge in [0.25, 0.3) is 0 Å². The molecule has 0 aromatic carbocycles. The first-order valence-electron chi connectivity index (χ1n) is 4.87. The summed E-state index contributed by atoms with van der Waals surface area (Å²) >= 11 is 0. The summed E-state index contributed by atoms with van der Waals surface area (Å²) in [5, 5.41) is 16.4. The number of pyridine rings is 1. The van der Waals surface area contributed by atoms with Crippen molar-refractivity contribution >= 4 is 0 Å². The molecule has 0 aliphatic carbocycles. The number of aromatic nitrogens is 4. The number of aliphatic hydroxyl groups is 1. The van der Waals surface area contributed by atoms with E-state index in [1.165, 1.54) is 6.07 Å². The van der Waals surface area contributed by atoms with Gasteiger partial charge in [-0.3, -0.25) is 4.98 Å². The van der Waals surface area contributed by atoms with Gasteiger partial charge in [0, 0.05) is 25.4 Å². The van der Waals surface area contributed by atoms with E-state index in [0.717, 1.165) is 11.8 Å². The minimum atomic E-state index is -0.367. The summed E-state index contributed by atoms with van der Waals surface area (Å²) in [6.07, 6.45) is 4.93. The summed E-state index contributed by atoms with van der Waals surface area (Å²) in [4.78, 5) is 3.75. The Hall–Kier alpha value is -1.82. The lowest BCUT2D eigenvalue weighted by Gasteiger charge is -1.99. The first-order chi connectivity index (χ1) is 7.78. The average Bonchev–Trinajstić information content (AvgIpc) is 2.66. The smallest absolute Gasteiger partial charge is 0.141 e. The van der Waals surface area contributed by atoms with Crippen LogP contribution in [0.25, 0.3) is 0 Å². The van der Waals surface area contributed by atoms with E-state index in [-0.39, 0.29) is 12.4 Å². The zero-order valence-corrected chi connectivity index (χ0v) is 8.54. The summed E-state index contributed by atoms with van der Waals surface area (Å²) in [5.74, 6) is -0.367. The maximum Gasteiger partial charge on any atom is 0.141 e. The van der Waals surface area contributed by atoms with Gasteiger partial charge in [0.05, 0.1) is 18.4 Å². The molecular formula is C10H11FN4O. The van der Waals surface area contributed by atoms with E-state index < -0.39 is 0 Å². The Morgan fingerprint density at radius 1 is 1.38 bits per heavy atom. The largest absolute Gasteiger partial charge is 0.396 e. The van der Waals surface area contributed by atoms with Crippen LogP contribution in [0.1, 0.15) is 11.3 Å². The van der Waals surface area contributed by atoms with Crippen LogP contribution in [0, 0.1) is 5.82 Å². The van der Waals surface area contributed by atoms with Crippen molar-refractivity contribution in [3.63, 3.8) is 0 Å². The maximum absolute atomic E-state index is 12.9. The predicted octanol–water partition coefficient (Wildman–Crippen LogP) is 0.395. The van der Waals surface area contributed by atoms with Gasteiger partial charge in [-0.1, -0.05) is 5.21 Å². The van der Waals surface area contributed by atoms with Gasteiger partial charge in [-0.05, 0) is 11.6 Å². The van der Waals surface area contributed by atoms with Gasteiger partial charge in [0.1, 0.15) is 5.82 Å². The van der Waals surface area contributed by atoms with Crippen molar-refractivity contribution in [3.8, 4) is 0 Å². The summed E-state index contributed by atoms with van der Waals surface area (Å²) in [6, 6.07) is 1.40. The number of aliphatic hydroxyl groups excluding tert-OH is 1. The van der Waals surface area contributed by atoms with E-state index in [0.29, 0.717) is 18.7 Å². The normalized spacial score (nSPS) is 10.6. The lowest BCUT2D eigenvalue weighted by molar-refractivity contribution is 0.298. The zero-order valence-electron chi connectivity index (χ0n) is 8.54. The van der Waals surface area contributed by atoms with Gasteiger partial charge < -0.3 is 5.11 Å². The summed E-state index contributed by atoms with van der Waals surface area (Å²) in [5.41, 5.74) is 1.44. The molecule has 0 atom stereocenters. The second kappa shape index (κ2) is 4.80. The lowest BCUT2D eigenvalue weighted by atomic mass is 10.3. The highest BCUT2D eigenvalue weighted by Crippen LogP contribution is 2.03. The fourth-order valence-electron chi connectivity index (χ4n) is 1.37. The van der Waals surface area contributed by atoms with Crippen LogP contribution in [0.4, 0.5) is 4.39 Å². The molecule has 0 saturated carbocycles.